The second kappa shape index (κ2) is 5.85. The predicted molar refractivity (Wildman–Crippen MR) is 82.4 cm³/mol. The molecule has 1 aromatic heterocycles. The fraction of sp³-hybridized carbons (Fsp3) is 0.188. The van der Waals surface area contributed by atoms with Crippen LogP contribution < -0.4 is 5.32 Å². The lowest BCUT2D eigenvalue weighted by atomic mass is 10.1. The van der Waals surface area contributed by atoms with Gasteiger partial charge in [0.1, 0.15) is 5.52 Å². The van der Waals surface area contributed by atoms with Gasteiger partial charge in [0.15, 0.2) is 6.17 Å². The molecule has 6 nitrogen and oxygen atoms in total. The highest BCUT2D eigenvalue weighted by atomic mass is 16.5. The number of aromatic nitrogens is 3. The molecule has 1 unspecified atom stereocenters. The summed E-state index contributed by atoms with van der Waals surface area (Å²) in [7, 11) is 1.33. The van der Waals surface area contributed by atoms with E-state index in [9.17, 15) is 4.79 Å². The third-order valence-electron chi connectivity index (χ3n) is 3.45. The fourth-order valence-electron chi connectivity index (χ4n) is 2.28. The summed E-state index contributed by atoms with van der Waals surface area (Å²) in [6.45, 7) is 2.01. The predicted octanol–water partition coefficient (Wildman–Crippen LogP) is 2.64. The van der Waals surface area contributed by atoms with E-state index in [4.69, 9.17) is 4.74 Å². The van der Waals surface area contributed by atoms with E-state index >= 15 is 0 Å². The molecule has 0 aliphatic carbocycles. The minimum Gasteiger partial charge on any atom is -0.453 e. The number of ether oxygens (including phenoxy) is 1. The molecule has 6 heteroatoms. The highest BCUT2D eigenvalue weighted by Crippen LogP contribution is 2.20. The van der Waals surface area contributed by atoms with Gasteiger partial charge >= 0.3 is 6.09 Å². The first-order chi connectivity index (χ1) is 10.7. The number of rotatable bonds is 3. The highest BCUT2D eigenvalue weighted by Gasteiger charge is 2.20. The van der Waals surface area contributed by atoms with Crippen LogP contribution in [0.1, 0.15) is 17.3 Å². The lowest BCUT2D eigenvalue weighted by molar-refractivity contribution is 0.163. The van der Waals surface area contributed by atoms with Crippen molar-refractivity contribution in [2.75, 3.05) is 7.11 Å². The van der Waals surface area contributed by atoms with Gasteiger partial charge in [-0.25, -0.2) is 9.48 Å². The molecule has 3 rings (SSSR count). The number of para-hydroxylation sites is 1. The van der Waals surface area contributed by atoms with Crippen LogP contribution in [0.15, 0.2) is 48.5 Å². The Kier molecular flexibility index (Phi) is 3.74. The standard InChI is InChI=1S/C16H16N4O2/c1-11-7-9-12(10-8-11)15(17-16(21)22-2)20-14-6-4-3-5-13(14)18-19-20/h3-10,15H,1-2H3,(H,17,21). The van der Waals surface area contributed by atoms with Crippen molar-refractivity contribution in [1.29, 1.82) is 0 Å². The average Bonchev–Trinajstić information content (AvgIpc) is 2.97. The smallest absolute Gasteiger partial charge is 0.408 e. The van der Waals surface area contributed by atoms with Gasteiger partial charge in [0.05, 0.1) is 12.6 Å². The Hall–Kier alpha value is -2.89. The number of benzene rings is 2. The maximum absolute atomic E-state index is 11.7. The zero-order chi connectivity index (χ0) is 15.5. The molecular weight excluding hydrogens is 280 g/mol. The molecular formula is C16H16N4O2. The first-order valence-corrected chi connectivity index (χ1v) is 6.90. The van der Waals surface area contributed by atoms with Gasteiger partial charge in [-0.05, 0) is 24.6 Å². The Bertz CT molecular complexity index is 795. The van der Waals surface area contributed by atoms with E-state index in [0.717, 1.165) is 22.2 Å². The highest BCUT2D eigenvalue weighted by molar-refractivity contribution is 5.75. The molecule has 1 heterocycles. The Morgan fingerprint density at radius 1 is 1.18 bits per heavy atom. The molecule has 0 radical (unpaired) electrons. The van der Waals surface area contributed by atoms with Crippen LogP contribution >= 0.6 is 0 Å². The van der Waals surface area contributed by atoms with Gasteiger partial charge in [0.2, 0.25) is 0 Å². The maximum Gasteiger partial charge on any atom is 0.408 e. The second-order valence-corrected chi connectivity index (χ2v) is 4.97. The Morgan fingerprint density at radius 3 is 2.64 bits per heavy atom. The normalized spacial score (nSPS) is 12.1. The molecule has 0 aliphatic heterocycles. The first kappa shape index (κ1) is 14.1. The van der Waals surface area contributed by atoms with Gasteiger partial charge in [-0.1, -0.05) is 47.2 Å². The SMILES string of the molecule is COC(=O)NC(c1ccc(C)cc1)n1nnc2ccccc21. The van der Waals surface area contributed by atoms with E-state index in [1.165, 1.54) is 7.11 Å². The summed E-state index contributed by atoms with van der Waals surface area (Å²) in [5.74, 6) is 0. The summed E-state index contributed by atoms with van der Waals surface area (Å²) < 4.78 is 6.40. The van der Waals surface area contributed by atoms with Crippen molar-refractivity contribution in [3.05, 3.63) is 59.7 Å². The topological polar surface area (TPSA) is 69.0 Å². The molecule has 1 N–H and O–H groups in total. The van der Waals surface area contributed by atoms with Crippen LogP contribution in [-0.2, 0) is 4.74 Å². The van der Waals surface area contributed by atoms with Crippen LogP contribution in [0.3, 0.4) is 0 Å². The van der Waals surface area contributed by atoms with Gasteiger partial charge in [0.25, 0.3) is 0 Å². The number of nitrogens with one attached hydrogen (secondary N) is 1. The quantitative estimate of drug-likeness (QED) is 0.806. The molecule has 22 heavy (non-hydrogen) atoms. The van der Waals surface area contributed by atoms with E-state index in [2.05, 4.69) is 15.6 Å². The second-order valence-electron chi connectivity index (χ2n) is 4.97. The van der Waals surface area contributed by atoms with Gasteiger partial charge < -0.3 is 4.74 Å². The molecule has 0 saturated heterocycles. The molecule has 0 aliphatic rings. The number of carbonyl (C=O) groups excluding carboxylic acids is 1. The molecule has 1 amide bonds. The van der Waals surface area contributed by atoms with Gasteiger partial charge in [-0.2, -0.15) is 0 Å². The largest absolute Gasteiger partial charge is 0.453 e. The zero-order valence-corrected chi connectivity index (χ0v) is 12.4. The van der Waals surface area contributed by atoms with Gasteiger partial charge in [-0.3, -0.25) is 5.32 Å². The van der Waals surface area contributed by atoms with Gasteiger partial charge in [-0.15, -0.1) is 5.10 Å². The molecule has 3 aromatic rings. The van der Waals surface area contributed by atoms with Crippen LogP contribution in [0.2, 0.25) is 0 Å². The molecule has 0 saturated carbocycles. The minimum absolute atomic E-state index is 0.486. The molecule has 0 spiro atoms. The van der Waals surface area contributed by atoms with Crippen molar-refractivity contribution in [1.82, 2.24) is 20.3 Å². The van der Waals surface area contributed by atoms with E-state index in [1.54, 1.807) is 4.68 Å². The van der Waals surface area contributed by atoms with Crippen molar-refractivity contribution in [3.8, 4) is 0 Å². The molecule has 1 atom stereocenters. The monoisotopic (exact) mass is 296 g/mol. The van der Waals surface area contributed by atoms with Crippen molar-refractivity contribution in [2.24, 2.45) is 0 Å². The van der Waals surface area contributed by atoms with Crippen molar-refractivity contribution < 1.29 is 9.53 Å². The van der Waals surface area contributed by atoms with Crippen molar-refractivity contribution in [2.45, 2.75) is 13.1 Å². The van der Waals surface area contributed by atoms with Crippen molar-refractivity contribution in [3.63, 3.8) is 0 Å². The summed E-state index contributed by atoms with van der Waals surface area (Å²) >= 11 is 0. The summed E-state index contributed by atoms with van der Waals surface area (Å²) in [6, 6.07) is 15.5. The Morgan fingerprint density at radius 2 is 1.91 bits per heavy atom. The minimum atomic E-state index is -0.523. The summed E-state index contributed by atoms with van der Waals surface area (Å²) in [5, 5.41) is 11.1. The van der Waals surface area contributed by atoms with Crippen LogP contribution in [-0.4, -0.2) is 28.2 Å². The summed E-state index contributed by atoms with van der Waals surface area (Å²) in [5.41, 5.74) is 3.64. The third kappa shape index (κ3) is 2.63. The number of hydrogen-bond donors (Lipinski definition) is 1. The van der Waals surface area contributed by atoms with Crippen LogP contribution in [0, 0.1) is 6.92 Å². The first-order valence-electron chi connectivity index (χ1n) is 6.90. The van der Waals surface area contributed by atoms with Gasteiger partial charge in [0, 0.05) is 0 Å². The number of fused-ring (bicyclic) bond motifs is 1. The third-order valence-corrected chi connectivity index (χ3v) is 3.45. The fourth-order valence-corrected chi connectivity index (χ4v) is 2.28. The lowest BCUT2D eigenvalue weighted by Crippen LogP contribution is -2.33. The summed E-state index contributed by atoms with van der Waals surface area (Å²) in [6.07, 6.45) is -1.01. The molecule has 112 valence electrons. The summed E-state index contributed by atoms with van der Waals surface area (Å²) in [4.78, 5) is 11.7. The van der Waals surface area contributed by atoms with Crippen LogP contribution in [0.25, 0.3) is 11.0 Å². The van der Waals surface area contributed by atoms with E-state index < -0.39 is 12.3 Å². The number of alkyl carbamates (subject to hydrolysis) is 1. The van der Waals surface area contributed by atoms with E-state index in [0.29, 0.717) is 0 Å². The number of aryl methyl sites for hydroxylation is 1. The maximum atomic E-state index is 11.7. The number of carbonyl (C=O) groups is 1. The Balaban J connectivity index is 2.08. The number of nitrogens with zero attached hydrogens (tertiary/aromatic N) is 3. The lowest BCUT2D eigenvalue weighted by Gasteiger charge is -2.19. The molecule has 2 aromatic carbocycles. The van der Waals surface area contributed by atoms with E-state index in [-0.39, 0.29) is 0 Å². The Labute approximate surface area is 127 Å². The number of hydrogen-bond acceptors (Lipinski definition) is 4. The number of amides is 1. The van der Waals surface area contributed by atoms with Crippen molar-refractivity contribution >= 4 is 17.1 Å². The average molecular weight is 296 g/mol. The number of methoxy groups -OCH3 is 1. The molecule has 0 bridgehead atoms. The van der Waals surface area contributed by atoms with Crippen LogP contribution in [0.4, 0.5) is 4.79 Å². The zero-order valence-electron chi connectivity index (χ0n) is 12.4. The van der Waals surface area contributed by atoms with Crippen LogP contribution in [0.5, 0.6) is 0 Å². The molecule has 0 fully saturated rings. The van der Waals surface area contributed by atoms with E-state index in [1.807, 2.05) is 55.5 Å².